The molecule has 0 bridgehead atoms. The molecule has 0 saturated heterocycles. The second-order valence-electron chi connectivity index (χ2n) is 2.27. The van der Waals surface area contributed by atoms with Gasteiger partial charge in [-0.05, 0) is 31.2 Å². The van der Waals surface area contributed by atoms with Crippen LogP contribution in [0.2, 0.25) is 0 Å². The number of benzene rings is 1. The molecule has 1 rings (SSSR count). The van der Waals surface area contributed by atoms with Gasteiger partial charge in [0.15, 0.2) is 0 Å². The molecule has 1 nitrogen and oxygen atoms in total. The summed E-state index contributed by atoms with van der Waals surface area (Å²) in [6, 6.07) is 6.34. The highest BCUT2D eigenvalue weighted by Gasteiger charge is 1.95. The predicted octanol–water partition coefficient (Wildman–Crippen LogP) is 3.02. The van der Waals surface area contributed by atoms with Gasteiger partial charge in [-0.2, -0.15) is 0 Å². The van der Waals surface area contributed by atoms with Crippen molar-refractivity contribution in [2.24, 2.45) is 0 Å². The number of anilines is 1. The Balaban J connectivity index is 2.66. The standard InChI is InChI=1S/C8H9FIN/c1-6(10)11-8-4-2-7(9)3-5-8/h2-6,11H,1H3/t6-/m1/s1. The summed E-state index contributed by atoms with van der Waals surface area (Å²) in [5, 5.41) is 3.15. The molecule has 1 aromatic carbocycles. The van der Waals surface area contributed by atoms with Gasteiger partial charge in [0.2, 0.25) is 0 Å². The van der Waals surface area contributed by atoms with Gasteiger partial charge in [-0.3, -0.25) is 0 Å². The Labute approximate surface area is 79.1 Å². The summed E-state index contributed by atoms with van der Waals surface area (Å²) < 4.78 is 12.8. The van der Waals surface area contributed by atoms with Crippen molar-refractivity contribution in [1.82, 2.24) is 0 Å². The molecule has 0 fully saturated rings. The Morgan fingerprint density at radius 1 is 1.36 bits per heavy atom. The summed E-state index contributed by atoms with van der Waals surface area (Å²) in [6.07, 6.45) is 0. The van der Waals surface area contributed by atoms with Crippen molar-refractivity contribution in [3.8, 4) is 0 Å². The first-order valence-corrected chi connectivity index (χ1v) is 4.59. The van der Waals surface area contributed by atoms with Crippen molar-refractivity contribution >= 4 is 28.3 Å². The Morgan fingerprint density at radius 3 is 2.36 bits per heavy atom. The number of rotatable bonds is 2. The Hall–Kier alpha value is -0.320. The van der Waals surface area contributed by atoms with Gasteiger partial charge < -0.3 is 5.32 Å². The van der Waals surface area contributed by atoms with E-state index < -0.39 is 0 Å². The highest BCUT2D eigenvalue weighted by molar-refractivity contribution is 14.1. The summed E-state index contributed by atoms with van der Waals surface area (Å²) in [5.74, 6) is -0.198. The molecule has 0 aliphatic carbocycles. The third-order valence-corrected chi connectivity index (χ3v) is 1.52. The van der Waals surface area contributed by atoms with Gasteiger partial charge in [-0.15, -0.1) is 0 Å². The van der Waals surface area contributed by atoms with Crippen LogP contribution in [0, 0.1) is 5.82 Å². The topological polar surface area (TPSA) is 12.0 Å². The maximum atomic E-state index is 12.4. The fourth-order valence-electron chi connectivity index (χ4n) is 0.776. The van der Waals surface area contributed by atoms with E-state index in [2.05, 4.69) is 27.9 Å². The van der Waals surface area contributed by atoms with Crippen LogP contribution in [0.4, 0.5) is 10.1 Å². The smallest absolute Gasteiger partial charge is 0.123 e. The number of hydrogen-bond donors (Lipinski definition) is 1. The monoisotopic (exact) mass is 265 g/mol. The fourth-order valence-corrected chi connectivity index (χ4v) is 1.14. The van der Waals surface area contributed by atoms with Crippen LogP contribution in [0.3, 0.4) is 0 Å². The van der Waals surface area contributed by atoms with Crippen LogP contribution < -0.4 is 5.32 Å². The maximum absolute atomic E-state index is 12.4. The van der Waals surface area contributed by atoms with Gasteiger partial charge in [0.25, 0.3) is 0 Å². The zero-order valence-electron chi connectivity index (χ0n) is 6.14. The van der Waals surface area contributed by atoms with Gasteiger partial charge in [-0.1, -0.05) is 22.6 Å². The molecule has 1 aromatic rings. The van der Waals surface area contributed by atoms with Gasteiger partial charge in [0, 0.05) is 5.69 Å². The predicted molar refractivity (Wildman–Crippen MR) is 53.5 cm³/mol. The van der Waals surface area contributed by atoms with Gasteiger partial charge in [-0.25, -0.2) is 4.39 Å². The van der Waals surface area contributed by atoms with Crippen LogP contribution in [-0.2, 0) is 0 Å². The Morgan fingerprint density at radius 2 is 1.91 bits per heavy atom. The lowest BCUT2D eigenvalue weighted by molar-refractivity contribution is 0.628. The van der Waals surface area contributed by atoms with Crippen molar-refractivity contribution in [3.63, 3.8) is 0 Å². The largest absolute Gasteiger partial charge is 0.374 e. The maximum Gasteiger partial charge on any atom is 0.123 e. The summed E-state index contributed by atoms with van der Waals surface area (Å²) in [5.41, 5.74) is 0.952. The third kappa shape index (κ3) is 3.05. The lowest BCUT2D eigenvalue weighted by Gasteiger charge is -2.07. The fraction of sp³-hybridized carbons (Fsp3) is 0.250. The number of alkyl halides is 1. The van der Waals surface area contributed by atoms with Crippen LogP contribution in [0.5, 0.6) is 0 Å². The molecule has 0 aliphatic rings. The average Bonchev–Trinajstić information content (AvgIpc) is 1.93. The van der Waals surface area contributed by atoms with Crippen molar-refractivity contribution < 1.29 is 4.39 Å². The third-order valence-electron chi connectivity index (χ3n) is 1.21. The van der Waals surface area contributed by atoms with Crippen LogP contribution >= 0.6 is 22.6 Å². The molecule has 1 N–H and O–H groups in total. The summed E-state index contributed by atoms with van der Waals surface area (Å²) in [4.78, 5) is 0. The normalized spacial score (nSPS) is 12.6. The minimum atomic E-state index is -0.198. The molecular formula is C8H9FIN. The van der Waals surface area contributed by atoms with E-state index in [-0.39, 0.29) is 5.82 Å². The number of halogens is 2. The van der Waals surface area contributed by atoms with E-state index in [1.54, 1.807) is 12.1 Å². The molecule has 0 aromatic heterocycles. The molecule has 60 valence electrons. The van der Waals surface area contributed by atoms with E-state index in [9.17, 15) is 4.39 Å². The zero-order valence-corrected chi connectivity index (χ0v) is 8.30. The molecule has 11 heavy (non-hydrogen) atoms. The highest BCUT2D eigenvalue weighted by atomic mass is 127. The first-order chi connectivity index (χ1) is 5.18. The molecule has 0 unspecified atom stereocenters. The molecule has 0 amide bonds. The van der Waals surface area contributed by atoms with E-state index >= 15 is 0 Å². The molecule has 3 heteroatoms. The summed E-state index contributed by atoms with van der Waals surface area (Å²) in [7, 11) is 0. The summed E-state index contributed by atoms with van der Waals surface area (Å²) >= 11 is 2.25. The quantitative estimate of drug-likeness (QED) is 0.492. The SMILES string of the molecule is C[C@H](I)Nc1ccc(F)cc1. The summed E-state index contributed by atoms with van der Waals surface area (Å²) in [6.45, 7) is 2.03. The van der Waals surface area contributed by atoms with Crippen LogP contribution in [0.15, 0.2) is 24.3 Å². The van der Waals surface area contributed by atoms with Gasteiger partial charge >= 0.3 is 0 Å². The second kappa shape index (κ2) is 3.90. The van der Waals surface area contributed by atoms with E-state index in [1.807, 2.05) is 6.92 Å². The van der Waals surface area contributed by atoms with E-state index in [0.29, 0.717) is 4.05 Å². The molecule has 0 aliphatic heterocycles. The van der Waals surface area contributed by atoms with Crippen molar-refractivity contribution in [1.29, 1.82) is 0 Å². The van der Waals surface area contributed by atoms with Crippen LogP contribution in [0.25, 0.3) is 0 Å². The first kappa shape index (κ1) is 8.77. The molecule has 0 radical (unpaired) electrons. The number of hydrogen-bond acceptors (Lipinski definition) is 1. The molecule has 0 saturated carbocycles. The Kier molecular flexibility index (Phi) is 3.11. The minimum Gasteiger partial charge on any atom is -0.374 e. The Bertz CT molecular complexity index is 220. The van der Waals surface area contributed by atoms with Gasteiger partial charge in [0.05, 0.1) is 4.05 Å². The van der Waals surface area contributed by atoms with E-state index in [0.717, 1.165) is 5.69 Å². The van der Waals surface area contributed by atoms with Crippen molar-refractivity contribution in [2.75, 3.05) is 5.32 Å². The van der Waals surface area contributed by atoms with E-state index in [4.69, 9.17) is 0 Å². The molecule has 0 spiro atoms. The second-order valence-corrected chi connectivity index (χ2v) is 4.14. The molecular weight excluding hydrogens is 256 g/mol. The molecule has 1 atom stereocenters. The lowest BCUT2D eigenvalue weighted by atomic mass is 10.3. The minimum absolute atomic E-state index is 0.198. The van der Waals surface area contributed by atoms with Crippen molar-refractivity contribution in [3.05, 3.63) is 30.1 Å². The van der Waals surface area contributed by atoms with Crippen LogP contribution in [0.1, 0.15) is 6.92 Å². The van der Waals surface area contributed by atoms with Gasteiger partial charge in [0.1, 0.15) is 5.82 Å². The highest BCUT2D eigenvalue weighted by Crippen LogP contribution is 2.11. The number of nitrogens with one attached hydrogen (secondary N) is 1. The molecule has 0 heterocycles. The lowest BCUT2D eigenvalue weighted by Crippen LogP contribution is -2.05. The first-order valence-electron chi connectivity index (χ1n) is 3.34. The van der Waals surface area contributed by atoms with E-state index in [1.165, 1.54) is 12.1 Å². The average molecular weight is 265 g/mol. The van der Waals surface area contributed by atoms with Crippen molar-refractivity contribution in [2.45, 2.75) is 11.0 Å². The van der Waals surface area contributed by atoms with Crippen LogP contribution in [-0.4, -0.2) is 4.05 Å². The zero-order chi connectivity index (χ0) is 8.27.